The Hall–Kier alpha value is -2.06. The lowest BCUT2D eigenvalue weighted by Gasteiger charge is -2.43. The average molecular weight is 319 g/mol. The lowest BCUT2D eigenvalue weighted by atomic mass is 9.83. The summed E-state index contributed by atoms with van der Waals surface area (Å²) >= 11 is 0. The van der Waals surface area contributed by atoms with Crippen LogP contribution in [0, 0.1) is 0 Å². The van der Waals surface area contributed by atoms with E-state index in [2.05, 4.69) is 66.6 Å². The molecule has 4 rings (SSSR count). The minimum Gasteiger partial charge on any atom is -0.488 e. The molecule has 2 atom stereocenters. The number of ether oxygens (including phenoxy) is 1. The van der Waals surface area contributed by atoms with Gasteiger partial charge in [0, 0.05) is 17.6 Å². The van der Waals surface area contributed by atoms with E-state index >= 15 is 0 Å². The first-order valence-corrected chi connectivity index (χ1v) is 9.00. The van der Waals surface area contributed by atoms with Gasteiger partial charge in [-0.05, 0) is 43.5 Å². The number of hydrogen-bond donors (Lipinski definition) is 0. The molecular formula is C22H25NO. The topological polar surface area (TPSA) is 12.5 Å². The largest absolute Gasteiger partial charge is 0.488 e. The lowest BCUT2D eigenvalue weighted by Crippen LogP contribution is -2.45. The summed E-state index contributed by atoms with van der Waals surface area (Å²) in [7, 11) is 2.28. The van der Waals surface area contributed by atoms with Crippen LogP contribution in [0.4, 0.5) is 0 Å². The molecule has 0 radical (unpaired) electrons. The summed E-state index contributed by atoms with van der Waals surface area (Å²) in [5, 5.41) is 0. The van der Waals surface area contributed by atoms with Gasteiger partial charge in [0.1, 0.15) is 12.4 Å². The van der Waals surface area contributed by atoms with Crippen LogP contribution in [-0.4, -0.2) is 24.0 Å². The van der Waals surface area contributed by atoms with Crippen molar-refractivity contribution in [2.75, 3.05) is 7.05 Å². The number of nitrogens with zero attached hydrogens (tertiary/aromatic N) is 1. The molecule has 0 amide bonds. The van der Waals surface area contributed by atoms with Gasteiger partial charge in [-0.25, -0.2) is 0 Å². The molecule has 1 fully saturated rings. The van der Waals surface area contributed by atoms with E-state index in [4.69, 9.17) is 4.74 Å². The van der Waals surface area contributed by atoms with E-state index in [9.17, 15) is 0 Å². The fourth-order valence-electron chi connectivity index (χ4n) is 4.03. The highest BCUT2D eigenvalue weighted by Crippen LogP contribution is 2.38. The quantitative estimate of drug-likeness (QED) is 0.794. The summed E-state index contributed by atoms with van der Waals surface area (Å²) in [4.78, 5) is 2.56. The predicted octanol–water partition coefficient (Wildman–Crippen LogP) is 4.91. The third-order valence-electron chi connectivity index (χ3n) is 5.46. The van der Waals surface area contributed by atoms with Crippen LogP contribution in [0.2, 0.25) is 0 Å². The minimum absolute atomic E-state index is 0.592. The molecule has 2 heteroatoms. The molecule has 24 heavy (non-hydrogen) atoms. The summed E-state index contributed by atoms with van der Waals surface area (Å²) in [6.45, 7) is 0.623. The maximum absolute atomic E-state index is 6.17. The summed E-state index contributed by atoms with van der Waals surface area (Å²) in [6.07, 6.45) is 7.57. The van der Waals surface area contributed by atoms with E-state index in [1.165, 1.54) is 36.0 Å². The highest BCUT2D eigenvalue weighted by molar-refractivity contribution is 5.72. The summed E-state index contributed by atoms with van der Waals surface area (Å²) in [5.74, 6) is 1.01. The van der Waals surface area contributed by atoms with Crippen molar-refractivity contribution >= 4 is 5.57 Å². The third-order valence-corrected chi connectivity index (χ3v) is 5.46. The molecule has 2 aromatic carbocycles. The van der Waals surface area contributed by atoms with Crippen LogP contribution < -0.4 is 4.74 Å². The van der Waals surface area contributed by atoms with E-state index in [1.54, 1.807) is 0 Å². The molecule has 0 N–H and O–H groups in total. The van der Waals surface area contributed by atoms with Crippen molar-refractivity contribution in [2.24, 2.45) is 0 Å². The van der Waals surface area contributed by atoms with Gasteiger partial charge in [-0.1, -0.05) is 61.0 Å². The van der Waals surface area contributed by atoms with Gasteiger partial charge in [-0.3, -0.25) is 4.90 Å². The molecule has 1 saturated heterocycles. The number of hydrogen-bond acceptors (Lipinski definition) is 2. The number of likely N-dealkylation sites (N-methyl/N-ethyl adjacent to an activating group) is 1. The Bertz CT molecular complexity index is 722. The Morgan fingerprint density at radius 3 is 2.62 bits per heavy atom. The van der Waals surface area contributed by atoms with Crippen LogP contribution in [0.5, 0.6) is 5.75 Å². The molecule has 0 spiro atoms. The van der Waals surface area contributed by atoms with Gasteiger partial charge in [-0.2, -0.15) is 0 Å². The Morgan fingerprint density at radius 2 is 1.79 bits per heavy atom. The third kappa shape index (κ3) is 3.11. The maximum Gasteiger partial charge on any atom is 0.127 e. The predicted molar refractivity (Wildman–Crippen MR) is 99.0 cm³/mol. The second kappa shape index (κ2) is 6.82. The molecule has 2 bridgehead atoms. The number of benzene rings is 2. The van der Waals surface area contributed by atoms with E-state index in [0.717, 1.165) is 12.2 Å². The van der Waals surface area contributed by atoms with Crippen molar-refractivity contribution in [3.05, 3.63) is 71.8 Å². The molecule has 2 nitrogen and oxygen atoms in total. The first-order valence-electron chi connectivity index (χ1n) is 9.00. The molecule has 0 aliphatic carbocycles. The Labute approximate surface area is 144 Å². The molecule has 0 saturated carbocycles. The first kappa shape index (κ1) is 15.5. The normalized spacial score (nSPS) is 23.6. The zero-order valence-corrected chi connectivity index (χ0v) is 14.3. The van der Waals surface area contributed by atoms with Crippen LogP contribution in [0.3, 0.4) is 0 Å². The molecule has 2 heterocycles. The SMILES string of the molecule is CN1C2C=C(c3ccccc3OCc3ccccc3)CC1CCC2. The van der Waals surface area contributed by atoms with E-state index < -0.39 is 0 Å². The van der Waals surface area contributed by atoms with E-state index in [0.29, 0.717) is 18.7 Å². The van der Waals surface area contributed by atoms with Crippen molar-refractivity contribution in [1.29, 1.82) is 0 Å². The fourth-order valence-corrected chi connectivity index (χ4v) is 4.03. The van der Waals surface area contributed by atoms with Crippen molar-refractivity contribution < 1.29 is 4.74 Å². The Morgan fingerprint density at radius 1 is 1.00 bits per heavy atom. The summed E-state index contributed by atoms with van der Waals surface area (Å²) in [6, 6.07) is 20.2. The standard InChI is InChI=1S/C22H25NO/c1-23-19-10-7-11-20(23)15-18(14-19)21-12-5-6-13-22(21)24-16-17-8-3-2-4-9-17/h2-6,8-9,12-14,19-20H,7,10-11,15-16H2,1H3. The van der Waals surface area contributed by atoms with Gasteiger partial charge in [0.15, 0.2) is 0 Å². The number of rotatable bonds is 4. The van der Waals surface area contributed by atoms with Crippen LogP contribution in [-0.2, 0) is 6.61 Å². The van der Waals surface area contributed by atoms with Crippen molar-refractivity contribution in [2.45, 2.75) is 44.4 Å². The lowest BCUT2D eigenvalue weighted by molar-refractivity contribution is 0.137. The van der Waals surface area contributed by atoms with E-state index in [-0.39, 0.29) is 0 Å². The van der Waals surface area contributed by atoms with Crippen LogP contribution >= 0.6 is 0 Å². The molecule has 2 unspecified atom stereocenters. The molecule has 2 aromatic rings. The summed E-state index contributed by atoms with van der Waals surface area (Å²) < 4.78 is 6.17. The second-order valence-corrected chi connectivity index (χ2v) is 6.98. The Kier molecular flexibility index (Phi) is 4.40. The van der Waals surface area contributed by atoms with Crippen LogP contribution in [0.15, 0.2) is 60.7 Å². The van der Waals surface area contributed by atoms with Gasteiger partial charge in [0.05, 0.1) is 0 Å². The second-order valence-electron chi connectivity index (χ2n) is 6.98. The van der Waals surface area contributed by atoms with Gasteiger partial charge in [0.2, 0.25) is 0 Å². The first-order chi connectivity index (χ1) is 11.8. The van der Waals surface area contributed by atoms with Crippen molar-refractivity contribution in [3.8, 4) is 5.75 Å². The monoisotopic (exact) mass is 319 g/mol. The van der Waals surface area contributed by atoms with Gasteiger partial charge >= 0.3 is 0 Å². The maximum atomic E-state index is 6.17. The van der Waals surface area contributed by atoms with Crippen molar-refractivity contribution in [3.63, 3.8) is 0 Å². The van der Waals surface area contributed by atoms with Crippen LogP contribution in [0.25, 0.3) is 5.57 Å². The summed E-state index contributed by atoms with van der Waals surface area (Å²) in [5.41, 5.74) is 3.95. The van der Waals surface area contributed by atoms with E-state index in [1.807, 2.05) is 6.07 Å². The van der Waals surface area contributed by atoms with Gasteiger partial charge in [0.25, 0.3) is 0 Å². The fraction of sp³-hybridized carbons (Fsp3) is 0.364. The molecule has 124 valence electrons. The number of fused-ring (bicyclic) bond motifs is 2. The average Bonchev–Trinajstić information content (AvgIpc) is 2.61. The molecule has 2 aliphatic heterocycles. The minimum atomic E-state index is 0.592. The zero-order valence-electron chi connectivity index (χ0n) is 14.3. The van der Waals surface area contributed by atoms with Gasteiger partial charge < -0.3 is 4.74 Å². The highest BCUT2D eigenvalue weighted by Gasteiger charge is 2.32. The Balaban J connectivity index is 1.58. The zero-order chi connectivity index (χ0) is 16.4. The molecular weight excluding hydrogens is 294 g/mol. The molecule has 0 aromatic heterocycles. The highest BCUT2D eigenvalue weighted by atomic mass is 16.5. The smallest absolute Gasteiger partial charge is 0.127 e. The molecule has 2 aliphatic rings. The van der Waals surface area contributed by atoms with Gasteiger partial charge in [-0.15, -0.1) is 0 Å². The van der Waals surface area contributed by atoms with Crippen molar-refractivity contribution in [1.82, 2.24) is 4.90 Å². The number of piperidine rings is 1. The number of para-hydroxylation sites is 1. The van der Waals surface area contributed by atoms with Crippen LogP contribution in [0.1, 0.15) is 36.8 Å².